The largest absolute Gasteiger partial charge is 0.492 e. The molecule has 27 heavy (non-hydrogen) atoms. The predicted molar refractivity (Wildman–Crippen MR) is 105 cm³/mol. The zero-order valence-corrected chi connectivity index (χ0v) is 16.1. The zero-order valence-electron chi connectivity index (χ0n) is 15.2. The van der Waals surface area contributed by atoms with E-state index in [2.05, 4.69) is 10.3 Å². The highest BCUT2D eigenvalue weighted by atomic mass is 32.2. The van der Waals surface area contributed by atoms with Crippen LogP contribution < -0.4 is 15.7 Å². The number of carbonyl (C=O) groups is 1. The first-order chi connectivity index (χ1) is 13.1. The topological polar surface area (TPSA) is 93.5 Å². The quantitative estimate of drug-likeness (QED) is 0.529. The fraction of sp³-hybridized carbons (Fsp3) is 0.421. The lowest BCUT2D eigenvalue weighted by Crippen LogP contribution is -2.28. The molecule has 0 saturated heterocycles. The van der Waals surface area contributed by atoms with Crippen LogP contribution in [0.4, 0.5) is 5.69 Å². The Morgan fingerprint density at radius 2 is 2.19 bits per heavy atom. The summed E-state index contributed by atoms with van der Waals surface area (Å²) >= 11 is 1.27. The first kappa shape index (κ1) is 19.4. The van der Waals surface area contributed by atoms with E-state index in [0.717, 1.165) is 30.5 Å². The summed E-state index contributed by atoms with van der Waals surface area (Å²) in [6.45, 7) is 2.57. The van der Waals surface area contributed by atoms with Crippen LogP contribution in [0.3, 0.4) is 0 Å². The van der Waals surface area contributed by atoms with Gasteiger partial charge >= 0.3 is 5.69 Å². The molecule has 1 heterocycles. The molecule has 0 bridgehead atoms. The van der Waals surface area contributed by atoms with Crippen molar-refractivity contribution in [1.82, 2.24) is 9.55 Å². The molecular weight excluding hydrogens is 366 g/mol. The lowest BCUT2D eigenvalue weighted by atomic mass is 10.2. The van der Waals surface area contributed by atoms with E-state index < -0.39 is 0 Å². The van der Waals surface area contributed by atoms with Gasteiger partial charge in [-0.05, 0) is 38.3 Å². The van der Waals surface area contributed by atoms with E-state index in [4.69, 9.17) is 9.84 Å². The Hall–Kier alpha value is -2.32. The second kappa shape index (κ2) is 9.05. The van der Waals surface area contributed by atoms with Gasteiger partial charge in [-0.15, -0.1) is 0 Å². The van der Waals surface area contributed by atoms with Crippen molar-refractivity contribution in [3.8, 4) is 5.75 Å². The number of nitrogens with one attached hydrogen (secondary N) is 1. The number of thioether (sulfide) groups is 1. The van der Waals surface area contributed by atoms with E-state index in [0.29, 0.717) is 23.1 Å². The third-order valence-electron chi connectivity index (χ3n) is 4.33. The Labute approximate surface area is 161 Å². The number of nitrogens with zero attached hydrogens (tertiary/aromatic N) is 2. The van der Waals surface area contributed by atoms with E-state index in [-0.39, 0.29) is 30.5 Å². The summed E-state index contributed by atoms with van der Waals surface area (Å²) < 4.78 is 7.06. The number of rotatable bonds is 8. The number of carbonyl (C=O) groups excluding carboxylic acids is 1. The number of fused-ring (bicyclic) bond motifs is 1. The molecule has 8 heteroatoms. The van der Waals surface area contributed by atoms with Crippen molar-refractivity contribution in [3.05, 3.63) is 46.0 Å². The number of ether oxygens (including phenoxy) is 1. The maximum atomic E-state index is 12.4. The van der Waals surface area contributed by atoms with E-state index >= 15 is 0 Å². The smallest absolute Gasteiger partial charge is 0.348 e. The van der Waals surface area contributed by atoms with Gasteiger partial charge in [-0.2, -0.15) is 4.98 Å². The lowest BCUT2D eigenvalue weighted by molar-refractivity contribution is -0.113. The van der Waals surface area contributed by atoms with Gasteiger partial charge in [-0.1, -0.05) is 23.9 Å². The molecule has 1 aliphatic carbocycles. The van der Waals surface area contributed by atoms with Crippen LogP contribution in [-0.4, -0.2) is 39.5 Å². The Bertz CT molecular complexity index is 882. The SMILES string of the molecule is CCOc1ccccc1NC(=O)CSc1nc(=O)n(CCO)c2c1CCC2. The van der Waals surface area contributed by atoms with Crippen molar-refractivity contribution in [1.29, 1.82) is 0 Å². The number of aromatic nitrogens is 2. The molecule has 1 aromatic carbocycles. The third-order valence-corrected chi connectivity index (χ3v) is 5.34. The molecule has 7 nitrogen and oxygen atoms in total. The third kappa shape index (κ3) is 4.51. The van der Waals surface area contributed by atoms with Crippen LogP contribution in [-0.2, 0) is 24.2 Å². The first-order valence-corrected chi connectivity index (χ1v) is 10.0. The van der Waals surface area contributed by atoms with Crippen LogP contribution in [0, 0.1) is 0 Å². The summed E-state index contributed by atoms with van der Waals surface area (Å²) in [5.41, 5.74) is 2.22. The highest BCUT2D eigenvalue weighted by Crippen LogP contribution is 2.29. The standard InChI is InChI=1S/C19H23N3O4S/c1-2-26-16-9-4-3-7-14(16)20-17(24)12-27-18-13-6-5-8-15(13)22(10-11-23)19(25)21-18/h3-4,7,9,23H,2,5-6,8,10-12H2,1H3,(H,20,24). The van der Waals surface area contributed by atoms with Gasteiger partial charge in [0.05, 0.1) is 31.2 Å². The van der Waals surface area contributed by atoms with E-state index in [1.165, 1.54) is 11.8 Å². The molecule has 0 unspecified atom stereocenters. The number of hydrogen-bond donors (Lipinski definition) is 2. The number of anilines is 1. The fourth-order valence-electron chi connectivity index (χ4n) is 3.21. The van der Waals surface area contributed by atoms with Crippen LogP contribution in [0.5, 0.6) is 5.75 Å². The Morgan fingerprint density at radius 3 is 2.96 bits per heavy atom. The minimum atomic E-state index is -0.366. The van der Waals surface area contributed by atoms with Gasteiger partial charge < -0.3 is 15.2 Å². The molecule has 0 spiro atoms. The van der Waals surface area contributed by atoms with Crippen molar-refractivity contribution in [2.75, 3.05) is 24.3 Å². The summed E-state index contributed by atoms with van der Waals surface area (Å²) in [6.07, 6.45) is 2.59. The fourth-order valence-corrected chi connectivity index (χ4v) is 4.08. The van der Waals surface area contributed by atoms with Crippen LogP contribution in [0.15, 0.2) is 34.1 Å². The Balaban J connectivity index is 1.71. The molecule has 3 rings (SSSR count). The lowest BCUT2D eigenvalue weighted by Gasteiger charge is -2.13. The molecule has 1 amide bonds. The van der Waals surface area contributed by atoms with Crippen molar-refractivity contribution in [2.24, 2.45) is 0 Å². The number of amides is 1. The van der Waals surface area contributed by atoms with Crippen molar-refractivity contribution in [2.45, 2.75) is 37.8 Å². The molecule has 2 N–H and O–H groups in total. The first-order valence-electron chi connectivity index (χ1n) is 9.02. The van der Waals surface area contributed by atoms with Gasteiger partial charge in [-0.25, -0.2) is 4.79 Å². The molecular formula is C19H23N3O4S. The molecule has 0 saturated carbocycles. The van der Waals surface area contributed by atoms with Crippen molar-refractivity contribution >= 4 is 23.4 Å². The molecule has 0 fully saturated rings. The van der Waals surface area contributed by atoms with E-state index in [9.17, 15) is 9.59 Å². The summed E-state index contributed by atoms with van der Waals surface area (Å²) in [5, 5.41) is 12.6. The van der Waals surface area contributed by atoms with Crippen molar-refractivity contribution in [3.63, 3.8) is 0 Å². The molecule has 1 aliphatic rings. The van der Waals surface area contributed by atoms with Gasteiger partial charge in [0.2, 0.25) is 5.91 Å². The maximum absolute atomic E-state index is 12.4. The second-order valence-electron chi connectivity index (χ2n) is 6.12. The minimum absolute atomic E-state index is 0.0951. The second-order valence-corrected chi connectivity index (χ2v) is 7.08. The highest BCUT2D eigenvalue weighted by molar-refractivity contribution is 8.00. The van der Waals surface area contributed by atoms with Gasteiger partial charge in [0.15, 0.2) is 0 Å². The molecule has 144 valence electrons. The Kier molecular flexibility index (Phi) is 6.52. The summed E-state index contributed by atoms with van der Waals surface area (Å²) in [4.78, 5) is 28.8. The number of aliphatic hydroxyl groups is 1. The molecule has 1 aromatic heterocycles. The van der Waals surface area contributed by atoms with Crippen molar-refractivity contribution < 1.29 is 14.6 Å². The highest BCUT2D eigenvalue weighted by Gasteiger charge is 2.22. The van der Waals surface area contributed by atoms with Gasteiger partial charge in [0, 0.05) is 11.3 Å². The molecule has 0 atom stereocenters. The Morgan fingerprint density at radius 1 is 1.37 bits per heavy atom. The summed E-state index contributed by atoms with van der Waals surface area (Å²) in [7, 11) is 0. The molecule has 2 aromatic rings. The van der Waals surface area contributed by atoms with Crippen LogP contribution >= 0.6 is 11.8 Å². The number of hydrogen-bond acceptors (Lipinski definition) is 6. The van der Waals surface area contributed by atoms with Gasteiger partial charge in [0.1, 0.15) is 10.8 Å². The van der Waals surface area contributed by atoms with Crippen LogP contribution in [0.2, 0.25) is 0 Å². The monoisotopic (exact) mass is 389 g/mol. The average molecular weight is 389 g/mol. The summed E-state index contributed by atoms with van der Waals surface area (Å²) in [5.74, 6) is 0.604. The predicted octanol–water partition coefficient (Wildman–Crippen LogP) is 1.85. The van der Waals surface area contributed by atoms with Gasteiger partial charge in [0.25, 0.3) is 0 Å². The summed E-state index contributed by atoms with van der Waals surface area (Å²) in [6, 6.07) is 7.28. The number of aliphatic hydroxyl groups excluding tert-OH is 1. The van der Waals surface area contributed by atoms with E-state index in [1.54, 1.807) is 10.6 Å². The molecule has 0 aliphatic heterocycles. The number of para-hydroxylation sites is 2. The van der Waals surface area contributed by atoms with Crippen LogP contribution in [0.25, 0.3) is 0 Å². The van der Waals surface area contributed by atoms with Crippen LogP contribution in [0.1, 0.15) is 24.6 Å². The van der Waals surface area contributed by atoms with E-state index in [1.807, 2.05) is 25.1 Å². The average Bonchev–Trinajstić information content (AvgIpc) is 3.14. The normalized spacial score (nSPS) is 12.7. The zero-order chi connectivity index (χ0) is 19.2. The number of benzene rings is 1. The maximum Gasteiger partial charge on any atom is 0.348 e. The minimum Gasteiger partial charge on any atom is -0.492 e. The van der Waals surface area contributed by atoms with Gasteiger partial charge in [-0.3, -0.25) is 9.36 Å². The molecule has 0 radical (unpaired) electrons.